The topological polar surface area (TPSA) is 30.9 Å². The number of hydrogen-bond donors (Lipinski definition) is 1. The molecule has 0 bridgehead atoms. The summed E-state index contributed by atoms with van der Waals surface area (Å²) in [7, 11) is 0. The zero-order valence-electron chi connectivity index (χ0n) is 8.37. The Kier molecular flexibility index (Phi) is 2.67. The highest BCUT2D eigenvalue weighted by Crippen LogP contribution is 2.24. The number of hydrogen-bond acceptors (Lipinski definition) is 1. The van der Waals surface area contributed by atoms with Crippen LogP contribution < -0.4 is 5.73 Å². The maximum absolute atomic E-state index is 13.0. The standard InChI is InChI=1S/C11H12ClFN2/c1-7(14)6-15-10-3-2-9(13)4-8(10)5-11(15)12/h2-5,7H,6,14H2,1H3. The molecule has 15 heavy (non-hydrogen) atoms. The van der Waals surface area contributed by atoms with Crippen molar-refractivity contribution in [2.75, 3.05) is 0 Å². The van der Waals surface area contributed by atoms with Crippen LogP contribution in [0.3, 0.4) is 0 Å². The minimum atomic E-state index is -0.253. The van der Waals surface area contributed by atoms with Crippen molar-refractivity contribution in [1.29, 1.82) is 0 Å². The molecule has 0 saturated carbocycles. The molecule has 0 amide bonds. The molecule has 0 aliphatic carbocycles. The van der Waals surface area contributed by atoms with E-state index in [2.05, 4.69) is 0 Å². The fraction of sp³-hybridized carbons (Fsp3) is 0.273. The van der Waals surface area contributed by atoms with E-state index in [0.717, 1.165) is 10.9 Å². The first-order valence-corrected chi connectivity index (χ1v) is 5.15. The lowest BCUT2D eigenvalue weighted by Gasteiger charge is -2.09. The van der Waals surface area contributed by atoms with E-state index in [-0.39, 0.29) is 11.9 Å². The van der Waals surface area contributed by atoms with Crippen LogP contribution >= 0.6 is 11.6 Å². The summed E-state index contributed by atoms with van der Waals surface area (Å²) in [6, 6.07) is 6.39. The first kappa shape index (κ1) is 10.5. The second-order valence-corrected chi connectivity index (χ2v) is 4.15. The van der Waals surface area contributed by atoms with Gasteiger partial charge < -0.3 is 10.3 Å². The van der Waals surface area contributed by atoms with Gasteiger partial charge in [-0.1, -0.05) is 11.6 Å². The zero-order valence-corrected chi connectivity index (χ0v) is 9.13. The maximum Gasteiger partial charge on any atom is 0.123 e. The van der Waals surface area contributed by atoms with Crippen molar-refractivity contribution < 1.29 is 4.39 Å². The van der Waals surface area contributed by atoms with Gasteiger partial charge in [0, 0.05) is 23.5 Å². The van der Waals surface area contributed by atoms with Crippen molar-refractivity contribution in [2.24, 2.45) is 5.73 Å². The molecular weight excluding hydrogens is 215 g/mol. The average molecular weight is 227 g/mol. The third kappa shape index (κ3) is 1.98. The van der Waals surface area contributed by atoms with Gasteiger partial charge in [0.1, 0.15) is 11.0 Å². The highest BCUT2D eigenvalue weighted by Gasteiger charge is 2.08. The third-order valence-corrected chi connectivity index (χ3v) is 2.60. The predicted molar refractivity (Wildman–Crippen MR) is 60.6 cm³/mol. The van der Waals surface area contributed by atoms with Gasteiger partial charge >= 0.3 is 0 Å². The lowest BCUT2D eigenvalue weighted by Crippen LogP contribution is -2.21. The predicted octanol–water partition coefficient (Wildman–Crippen LogP) is 2.78. The van der Waals surface area contributed by atoms with E-state index in [1.165, 1.54) is 12.1 Å². The summed E-state index contributed by atoms with van der Waals surface area (Å²) < 4.78 is 14.9. The van der Waals surface area contributed by atoms with E-state index < -0.39 is 0 Å². The van der Waals surface area contributed by atoms with Gasteiger partial charge in [-0.15, -0.1) is 0 Å². The molecule has 80 valence electrons. The number of aromatic nitrogens is 1. The van der Waals surface area contributed by atoms with Crippen LogP contribution in [0.25, 0.3) is 10.9 Å². The molecule has 2 rings (SSSR count). The number of fused-ring (bicyclic) bond motifs is 1. The zero-order chi connectivity index (χ0) is 11.0. The lowest BCUT2D eigenvalue weighted by atomic mass is 10.2. The van der Waals surface area contributed by atoms with E-state index in [9.17, 15) is 4.39 Å². The number of rotatable bonds is 2. The Balaban J connectivity index is 2.58. The summed E-state index contributed by atoms with van der Waals surface area (Å²) in [5.74, 6) is -0.253. The van der Waals surface area contributed by atoms with E-state index in [1.54, 1.807) is 12.1 Å². The van der Waals surface area contributed by atoms with Crippen LogP contribution in [0.2, 0.25) is 5.15 Å². The molecule has 1 aromatic heterocycles. The van der Waals surface area contributed by atoms with Crippen LogP contribution in [0.4, 0.5) is 4.39 Å². The van der Waals surface area contributed by atoms with Gasteiger partial charge in [0.15, 0.2) is 0 Å². The van der Waals surface area contributed by atoms with Crippen LogP contribution in [0, 0.1) is 5.82 Å². The number of halogens is 2. The molecule has 0 radical (unpaired) electrons. The number of benzene rings is 1. The highest BCUT2D eigenvalue weighted by molar-refractivity contribution is 6.30. The molecule has 2 N–H and O–H groups in total. The van der Waals surface area contributed by atoms with Crippen molar-refractivity contribution in [3.63, 3.8) is 0 Å². The molecule has 1 heterocycles. The minimum Gasteiger partial charge on any atom is -0.330 e. The molecular formula is C11H12ClFN2. The first-order valence-electron chi connectivity index (χ1n) is 4.78. The van der Waals surface area contributed by atoms with Gasteiger partial charge in [0.25, 0.3) is 0 Å². The van der Waals surface area contributed by atoms with Crippen molar-refractivity contribution in [2.45, 2.75) is 19.5 Å². The molecule has 0 spiro atoms. The third-order valence-electron chi connectivity index (χ3n) is 2.28. The maximum atomic E-state index is 13.0. The number of nitrogens with two attached hydrogens (primary N) is 1. The van der Waals surface area contributed by atoms with Gasteiger partial charge in [-0.25, -0.2) is 4.39 Å². The molecule has 0 saturated heterocycles. The molecule has 0 aliphatic rings. The SMILES string of the molecule is CC(N)Cn1c(Cl)cc2cc(F)ccc21. The van der Waals surface area contributed by atoms with E-state index in [4.69, 9.17) is 17.3 Å². The molecule has 4 heteroatoms. The molecule has 1 aromatic carbocycles. The van der Waals surface area contributed by atoms with Gasteiger partial charge in [-0.2, -0.15) is 0 Å². The van der Waals surface area contributed by atoms with Crippen molar-refractivity contribution in [3.8, 4) is 0 Å². The second kappa shape index (κ2) is 3.83. The van der Waals surface area contributed by atoms with Gasteiger partial charge in [-0.3, -0.25) is 0 Å². The van der Waals surface area contributed by atoms with Crippen molar-refractivity contribution in [1.82, 2.24) is 4.57 Å². The Morgan fingerprint density at radius 3 is 2.87 bits per heavy atom. The van der Waals surface area contributed by atoms with Gasteiger partial charge in [0.2, 0.25) is 0 Å². The van der Waals surface area contributed by atoms with Crippen LogP contribution in [0.5, 0.6) is 0 Å². The van der Waals surface area contributed by atoms with Gasteiger partial charge in [-0.05, 0) is 31.2 Å². The van der Waals surface area contributed by atoms with E-state index in [0.29, 0.717) is 11.7 Å². The average Bonchev–Trinajstić information content (AvgIpc) is 2.41. The lowest BCUT2D eigenvalue weighted by molar-refractivity contribution is 0.605. The largest absolute Gasteiger partial charge is 0.330 e. The van der Waals surface area contributed by atoms with E-state index >= 15 is 0 Å². The monoisotopic (exact) mass is 226 g/mol. The quantitative estimate of drug-likeness (QED) is 0.839. The van der Waals surface area contributed by atoms with Gasteiger partial charge in [0.05, 0.1) is 0 Å². The minimum absolute atomic E-state index is 0.0168. The molecule has 2 nitrogen and oxygen atoms in total. The van der Waals surface area contributed by atoms with Crippen LogP contribution in [-0.4, -0.2) is 10.6 Å². The Morgan fingerprint density at radius 2 is 2.20 bits per heavy atom. The Hall–Kier alpha value is -1.06. The molecule has 0 aliphatic heterocycles. The van der Waals surface area contributed by atoms with Crippen molar-refractivity contribution in [3.05, 3.63) is 35.2 Å². The normalized spacial score (nSPS) is 13.3. The summed E-state index contributed by atoms with van der Waals surface area (Å²) in [5, 5.41) is 1.40. The van der Waals surface area contributed by atoms with Crippen molar-refractivity contribution >= 4 is 22.5 Å². The Morgan fingerprint density at radius 1 is 1.47 bits per heavy atom. The second-order valence-electron chi connectivity index (χ2n) is 3.76. The van der Waals surface area contributed by atoms with Crippen LogP contribution in [0.15, 0.2) is 24.3 Å². The summed E-state index contributed by atoms with van der Waals surface area (Å²) in [6.07, 6.45) is 0. The number of nitrogens with zero attached hydrogens (tertiary/aromatic N) is 1. The Bertz CT molecular complexity index is 491. The van der Waals surface area contributed by atoms with E-state index in [1.807, 2.05) is 11.5 Å². The molecule has 1 atom stereocenters. The summed E-state index contributed by atoms with van der Waals surface area (Å²) in [6.45, 7) is 2.54. The Labute approximate surface area is 92.4 Å². The highest BCUT2D eigenvalue weighted by atomic mass is 35.5. The molecule has 1 unspecified atom stereocenters. The first-order chi connectivity index (χ1) is 7.08. The van der Waals surface area contributed by atoms with Crippen LogP contribution in [-0.2, 0) is 6.54 Å². The smallest absolute Gasteiger partial charge is 0.123 e. The molecule has 2 aromatic rings. The fourth-order valence-electron chi connectivity index (χ4n) is 1.68. The fourth-order valence-corrected chi connectivity index (χ4v) is 1.96. The summed E-state index contributed by atoms with van der Waals surface area (Å²) >= 11 is 6.05. The van der Waals surface area contributed by atoms with Crippen LogP contribution in [0.1, 0.15) is 6.92 Å². The summed E-state index contributed by atoms with van der Waals surface area (Å²) in [5.41, 5.74) is 6.64. The summed E-state index contributed by atoms with van der Waals surface area (Å²) in [4.78, 5) is 0. The molecule has 0 fully saturated rings.